The van der Waals surface area contributed by atoms with Crippen LogP contribution in [0.4, 0.5) is 4.39 Å². The largest absolute Gasteiger partial charge is 0.491 e. The Morgan fingerprint density at radius 1 is 1.44 bits per heavy atom. The highest BCUT2D eigenvalue weighted by Crippen LogP contribution is 2.20. The van der Waals surface area contributed by atoms with Crippen molar-refractivity contribution in [2.45, 2.75) is 19.4 Å². The van der Waals surface area contributed by atoms with Crippen LogP contribution in [-0.2, 0) is 0 Å². The van der Waals surface area contributed by atoms with E-state index in [1.807, 2.05) is 0 Å². The smallest absolute Gasteiger partial charge is 0.123 e. The summed E-state index contributed by atoms with van der Waals surface area (Å²) in [4.78, 5) is 2.33. The first-order valence-electron chi connectivity index (χ1n) is 6.48. The average Bonchev–Trinajstić information content (AvgIpc) is 2.86. The predicted octanol–water partition coefficient (Wildman–Crippen LogP) is 1.91. The molecule has 1 heterocycles. The summed E-state index contributed by atoms with van der Waals surface area (Å²) in [5.41, 5.74) is 0. The fraction of sp³-hybridized carbons (Fsp3) is 0.571. The van der Waals surface area contributed by atoms with Crippen molar-refractivity contribution >= 4 is 0 Å². The number of rotatable bonds is 5. The number of halogens is 1. The first-order chi connectivity index (χ1) is 8.69. The summed E-state index contributed by atoms with van der Waals surface area (Å²) >= 11 is 0. The van der Waals surface area contributed by atoms with Crippen molar-refractivity contribution in [1.82, 2.24) is 4.90 Å². The molecule has 1 aromatic rings. The van der Waals surface area contributed by atoms with E-state index in [2.05, 4.69) is 11.8 Å². The van der Waals surface area contributed by atoms with Gasteiger partial charge < -0.3 is 14.7 Å². The van der Waals surface area contributed by atoms with E-state index >= 15 is 0 Å². The first-order valence-corrected chi connectivity index (χ1v) is 6.48. The molecular formula is C14H20FNO2. The maximum Gasteiger partial charge on any atom is 0.123 e. The van der Waals surface area contributed by atoms with E-state index < -0.39 is 6.10 Å². The lowest BCUT2D eigenvalue weighted by molar-refractivity contribution is 0.0599. The van der Waals surface area contributed by atoms with Crippen LogP contribution in [0.3, 0.4) is 0 Å². The summed E-state index contributed by atoms with van der Waals surface area (Å²) in [6.45, 7) is 5.42. The number of aliphatic hydroxyl groups excluding tert-OH is 1. The van der Waals surface area contributed by atoms with Gasteiger partial charge in [0.05, 0.1) is 6.10 Å². The highest BCUT2D eigenvalue weighted by Gasteiger charge is 2.27. The van der Waals surface area contributed by atoms with E-state index in [0.717, 1.165) is 26.1 Å². The Labute approximate surface area is 107 Å². The molecule has 2 rings (SSSR count). The number of benzene rings is 1. The molecule has 0 aliphatic carbocycles. The van der Waals surface area contributed by atoms with Crippen LogP contribution >= 0.6 is 0 Å². The Bertz CT molecular complexity index is 369. The molecule has 100 valence electrons. The van der Waals surface area contributed by atoms with Crippen molar-refractivity contribution in [2.75, 3.05) is 26.2 Å². The second-order valence-electron chi connectivity index (χ2n) is 4.77. The molecular weight excluding hydrogens is 233 g/mol. The Morgan fingerprint density at radius 3 is 2.78 bits per heavy atom. The molecule has 0 radical (unpaired) electrons. The van der Waals surface area contributed by atoms with Crippen LogP contribution in [0.15, 0.2) is 24.3 Å². The average molecular weight is 253 g/mol. The summed E-state index contributed by atoms with van der Waals surface area (Å²) < 4.78 is 18.2. The zero-order chi connectivity index (χ0) is 13.0. The summed E-state index contributed by atoms with van der Waals surface area (Å²) in [6, 6.07) is 5.87. The predicted molar refractivity (Wildman–Crippen MR) is 68.1 cm³/mol. The van der Waals surface area contributed by atoms with Gasteiger partial charge in [0.2, 0.25) is 0 Å². The van der Waals surface area contributed by atoms with E-state index in [1.165, 1.54) is 12.1 Å². The van der Waals surface area contributed by atoms with Crippen molar-refractivity contribution in [3.63, 3.8) is 0 Å². The van der Waals surface area contributed by atoms with E-state index in [-0.39, 0.29) is 18.3 Å². The lowest BCUT2D eigenvalue weighted by atomic mass is 10.0. The van der Waals surface area contributed by atoms with Gasteiger partial charge in [0.25, 0.3) is 0 Å². The van der Waals surface area contributed by atoms with Crippen LogP contribution in [0, 0.1) is 11.7 Å². The molecule has 1 aliphatic heterocycles. The molecule has 3 nitrogen and oxygen atoms in total. The molecule has 0 spiro atoms. The Kier molecular flexibility index (Phi) is 4.55. The summed E-state index contributed by atoms with van der Waals surface area (Å²) in [6.07, 6.45) is 0.563. The summed E-state index contributed by atoms with van der Waals surface area (Å²) in [5, 5.41) is 10.1. The van der Waals surface area contributed by atoms with Crippen molar-refractivity contribution < 1.29 is 14.2 Å². The minimum atomic E-state index is -0.452. The summed E-state index contributed by atoms with van der Waals surface area (Å²) in [7, 11) is 0. The second-order valence-corrected chi connectivity index (χ2v) is 4.77. The lowest BCUT2D eigenvalue weighted by Crippen LogP contribution is -2.30. The van der Waals surface area contributed by atoms with Crippen molar-refractivity contribution in [3.05, 3.63) is 30.1 Å². The third kappa shape index (κ3) is 3.43. The number of likely N-dealkylation sites (tertiary alicyclic amines) is 1. The van der Waals surface area contributed by atoms with Gasteiger partial charge in [-0.05, 0) is 43.8 Å². The maximum atomic E-state index is 12.7. The summed E-state index contributed by atoms with van der Waals surface area (Å²) in [5.74, 6) is 0.600. The monoisotopic (exact) mass is 253 g/mol. The van der Waals surface area contributed by atoms with Crippen LogP contribution in [0.2, 0.25) is 0 Å². The van der Waals surface area contributed by atoms with Crippen LogP contribution in [0.25, 0.3) is 0 Å². The number of ether oxygens (including phenoxy) is 1. The van der Waals surface area contributed by atoms with E-state index in [0.29, 0.717) is 5.75 Å². The molecule has 0 saturated carbocycles. The molecule has 1 aromatic carbocycles. The van der Waals surface area contributed by atoms with E-state index in [9.17, 15) is 9.50 Å². The van der Waals surface area contributed by atoms with Crippen LogP contribution < -0.4 is 4.74 Å². The standard InChI is InChI=1S/C14H20FNO2/c1-2-16-8-7-11(9-16)14(17)10-18-13-5-3-12(15)4-6-13/h3-6,11,14,17H,2,7-10H2,1H3. The third-order valence-electron chi connectivity index (χ3n) is 3.53. The van der Waals surface area contributed by atoms with Gasteiger partial charge >= 0.3 is 0 Å². The third-order valence-corrected chi connectivity index (χ3v) is 3.53. The van der Waals surface area contributed by atoms with Gasteiger partial charge in [0, 0.05) is 12.5 Å². The Balaban J connectivity index is 1.78. The number of hydrogen-bond acceptors (Lipinski definition) is 3. The van der Waals surface area contributed by atoms with Gasteiger partial charge in [-0.2, -0.15) is 0 Å². The topological polar surface area (TPSA) is 32.7 Å². The number of aliphatic hydroxyl groups is 1. The van der Waals surface area contributed by atoms with Gasteiger partial charge in [0.15, 0.2) is 0 Å². The normalized spacial score (nSPS) is 22.1. The molecule has 1 aliphatic rings. The molecule has 4 heteroatoms. The molecule has 0 amide bonds. The molecule has 1 saturated heterocycles. The quantitative estimate of drug-likeness (QED) is 0.870. The van der Waals surface area contributed by atoms with Gasteiger partial charge in [-0.15, -0.1) is 0 Å². The number of hydrogen-bond donors (Lipinski definition) is 1. The van der Waals surface area contributed by atoms with E-state index in [1.54, 1.807) is 12.1 Å². The van der Waals surface area contributed by atoms with Gasteiger partial charge in [-0.3, -0.25) is 0 Å². The highest BCUT2D eigenvalue weighted by atomic mass is 19.1. The molecule has 1 N–H and O–H groups in total. The molecule has 2 unspecified atom stereocenters. The SMILES string of the molecule is CCN1CCC(C(O)COc2ccc(F)cc2)C1. The highest BCUT2D eigenvalue weighted by molar-refractivity contribution is 5.22. The minimum absolute atomic E-state index is 0.272. The van der Waals surface area contributed by atoms with Crippen LogP contribution in [-0.4, -0.2) is 42.4 Å². The van der Waals surface area contributed by atoms with Crippen molar-refractivity contribution in [1.29, 1.82) is 0 Å². The molecule has 0 bridgehead atoms. The fourth-order valence-electron chi connectivity index (χ4n) is 2.31. The lowest BCUT2D eigenvalue weighted by Gasteiger charge is -2.19. The van der Waals surface area contributed by atoms with Gasteiger partial charge in [-0.1, -0.05) is 6.92 Å². The first kappa shape index (κ1) is 13.3. The van der Waals surface area contributed by atoms with Gasteiger partial charge in [0.1, 0.15) is 18.2 Å². The van der Waals surface area contributed by atoms with Crippen molar-refractivity contribution in [2.24, 2.45) is 5.92 Å². The van der Waals surface area contributed by atoms with E-state index in [4.69, 9.17) is 4.74 Å². The van der Waals surface area contributed by atoms with Gasteiger partial charge in [-0.25, -0.2) is 4.39 Å². The Hall–Kier alpha value is -1.13. The minimum Gasteiger partial charge on any atom is -0.491 e. The molecule has 1 fully saturated rings. The van der Waals surface area contributed by atoms with Crippen LogP contribution in [0.5, 0.6) is 5.75 Å². The zero-order valence-electron chi connectivity index (χ0n) is 10.7. The molecule has 18 heavy (non-hydrogen) atoms. The molecule has 2 atom stereocenters. The number of nitrogens with zero attached hydrogens (tertiary/aromatic N) is 1. The Morgan fingerprint density at radius 2 is 2.17 bits per heavy atom. The molecule has 0 aromatic heterocycles. The van der Waals surface area contributed by atoms with Crippen molar-refractivity contribution in [3.8, 4) is 5.75 Å². The second kappa shape index (κ2) is 6.16. The van der Waals surface area contributed by atoms with Crippen LogP contribution in [0.1, 0.15) is 13.3 Å². The zero-order valence-corrected chi connectivity index (χ0v) is 10.7. The fourth-order valence-corrected chi connectivity index (χ4v) is 2.31. The maximum absolute atomic E-state index is 12.7.